The van der Waals surface area contributed by atoms with E-state index in [4.69, 9.17) is 16.3 Å². The second-order valence-corrected chi connectivity index (χ2v) is 12.7. The monoisotopic (exact) mass is 619 g/mol. The number of ether oxygens (including phenoxy) is 1. The molecular formula is C28H31ClFN5O6S. The van der Waals surface area contributed by atoms with Crippen molar-refractivity contribution < 1.29 is 31.9 Å². The summed E-state index contributed by atoms with van der Waals surface area (Å²) in [7, 11) is -4.09. The first-order chi connectivity index (χ1) is 19.9. The van der Waals surface area contributed by atoms with Gasteiger partial charge in [0.1, 0.15) is 17.7 Å². The maximum atomic E-state index is 13.3. The fourth-order valence-electron chi connectivity index (χ4n) is 4.96. The molecule has 224 valence electrons. The number of halogens is 2. The highest BCUT2D eigenvalue weighted by Crippen LogP contribution is 2.29. The van der Waals surface area contributed by atoms with E-state index < -0.39 is 45.5 Å². The summed E-state index contributed by atoms with van der Waals surface area (Å²) >= 11 is 5.94. The Bertz CT molecular complexity index is 1540. The van der Waals surface area contributed by atoms with Gasteiger partial charge in [0.05, 0.1) is 35.2 Å². The van der Waals surface area contributed by atoms with E-state index >= 15 is 0 Å². The lowest BCUT2D eigenvalue weighted by Crippen LogP contribution is -2.43. The maximum absolute atomic E-state index is 13.3. The Hall–Kier alpha value is -3.76. The van der Waals surface area contributed by atoms with Crippen LogP contribution in [0.2, 0.25) is 5.02 Å². The Labute approximate surface area is 248 Å². The van der Waals surface area contributed by atoms with Gasteiger partial charge in [0.2, 0.25) is 21.8 Å². The molecule has 0 spiro atoms. The number of carbonyl (C=O) groups excluding carboxylic acids is 3. The number of nitriles is 1. The summed E-state index contributed by atoms with van der Waals surface area (Å²) in [5.74, 6) is -2.84. The molecule has 42 heavy (non-hydrogen) atoms. The maximum Gasteiger partial charge on any atom is 0.340 e. The molecule has 1 N–H and O–H groups in total. The summed E-state index contributed by atoms with van der Waals surface area (Å²) in [6.45, 7) is 4.62. The average molecular weight is 620 g/mol. The zero-order chi connectivity index (χ0) is 30.6. The van der Waals surface area contributed by atoms with Crippen molar-refractivity contribution in [1.29, 1.82) is 5.26 Å². The number of carbonyl (C=O) groups is 3. The number of likely N-dealkylation sites (tertiary alicyclic amines) is 1. The number of sulfonamides is 1. The van der Waals surface area contributed by atoms with Crippen molar-refractivity contribution in [2.45, 2.75) is 57.9 Å². The zero-order valence-corrected chi connectivity index (χ0v) is 24.8. The molecule has 0 unspecified atom stereocenters. The van der Waals surface area contributed by atoms with Crippen LogP contribution in [-0.2, 0) is 36.6 Å². The second-order valence-electron chi connectivity index (χ2n) is 10.6. The van der Waals surface area contributed by atoms with Gasteiger partial charge in [-0.25, -0.2) is 22.6 Å². The number of anilines is 1. The molecule has 1 aromatic carbocycles. The number of nitrogens with one attached hydrogen (secondary N) is 1. The lowest BCUT2D eigenvalue weighted by Gasteiger charge is -2.33. The topological polar surface area (TPSA) is 150 Å². The summed E-state index contributed by atoms with van der Waals surface area (Å²) < 4.78 is 46.0. The van der Waals surface area contributed by atoms with E-state index in [9.17, 15) is 32.5 Å². The summed E-state index contributed by atoms with van der Waals surface area (Å²) in [6, 6.07) is 6.85. The number of rotatable bonds is 9. The minimum Gasteiger partial charge on any atom is -0.459 e. The highest BCUT2D eigenvalue weighted by molar-refractivity contribution is 7.89. The van der Waals surface area contributed by atoms with Gasteiger partial charge in [-0.2, -0.15) is 5.26 Å². The minimum atomic E-state index is -4.09. The van der Waals surface area contributed by atoms with Gasteiger partial charge in [0.25, 0.3) is 0 Å². The number of pyridine rings is 1. The molecule has 2 fully saturated rings. The molecule has 2 aliphatic heterocycles. The van der Waals surface area contributed by atoms with E-state index in [2.05, 4.69) is 15.8 Å². The summed E-state index contributed by atoms with van der Waals surface area (Å²) in [5.41, 5.74) is 0.735. The second kappa shape index (κ2) is 13.0. The van der Waals surface area contributed by atoms with Crippen LogP contribution in [0.15, 0.2) is 24.3 Å². The molecule has 0 aliphatic carbocycles. The number of hydrogen-bond acceptors (Lipinski definition) is 9. The first-order valence-corrected chi connectivity index (χ1v) is 15.6. The third kappa shape index (κ3) is 7.54. The summed E-state index contributed by atoms with van der Waals surface area (Å²) in [5, 5.41) is 9.83. The van der Waals surface area contributed by atoms with Crippen molar-refractivity contribution in [3.05, 3.63) is 57.5 Å². The SMILES string of the molecule is CC(C)OC(=O)c1cc(C#N)c(N2CCC(C(=O)NS(=O)(=O)Cc3ccc(F)cc3Cl)CC2)nc1CN1CCCC1=O. The van der Waals surface area contributed by atoms with E-state index in [1.807, 2.05) is 4.90 Å². The van der Waals surface area contributed by atoms with Crippen LogP contribution in [0.1, 0.15) is 66.7 Å². The number of nitrogens with zero attached hydrogens (tertiary/aromatic N) is 4. The molecular weight excluding hydrogens is 589 g/mol. The normalized spacial score (nSPS) is 16.0. The fraction of sp³-hybridized carbons (Fsp3) is 0.464. The predicted octanol–water partition coefficient (Wildman–Crippen LogP) is 3.30. The van der Waals surface area contributed by atoms with Gasteiger partial charge >= 0.3 is 5.97 Å². The molecule has 4 rings (SSSR count). The van der Waals surface area contributed by atoms with Crippen LogP contribution in [0.5, 0.6) is 0 Å². The van der Waals surface area contributed by atoms with E-state index in [-0.39, 0.29) is 47.0 Å². The third-order valence-electron chi connectivity index (χ3n) is 7.06. The molecule has 0 bridgehead atoms. The molecule has 2 saturated heterocycles. The van der Waals surface area contributed by atoms with Crippen molar-refractivity contribution in [2.24, 2.45) is 5.92 Å². The number of hydrogen-bond donors (Lipinski definition) is 1. The summed E-state index contributed by atoms with van der Waals surface area (Å²) in [4.78, 5) is 46.1. The van der Waals surface area contributed by atoms with Crippen LogP contribution in [-0.4, -0.2) is 61.8 Å². The van der Waals surface area contributed by atoms with Crippen LogP contribution in [0.3, 0.4) is 0 Å². The van der Waals surface area contributed by atoms with Crippen molar-refractivity contribution >= 4 is 45.2 Å². The average Bonchev–Trinajstić information content (AvgIpc) is 3.33. The number of amides is 2. The van der Waals surface area contributed by atoms with Gasteiger partial charge < -0.3 is 14.5 Å². The molecule has 2 amide bonds. The Morgan fingerprint density at radius 1 is 1.24 bits per heavy atom. The smallest absolute Gasteiger partial charge is 0.340 e. The fourth-order valence-corrected chi connectivity index (χ4v) is 6.48. The molecule has 0 saturated carbocycles. The van der Waals surface area contributed by atoms with Crippen molar-refractivity contribution in [1.82, 2.24) is 14.6 Å². The Morgan fingerprint density at radius 2 is 1.95 bits per heavy atom. The minimum absolute atomic E-state index is 0.0469. The van der Waals surface area contributed by atoms with Crippen LogP contribution in [0, 0.1) is 23.1 Å². The van der Waals surface area contributed by atoms with Crippen LogP contribution >= 0.6 is 11.6 Å². The molecule has 1 aromatic heterocycles. The molecule has 14 heteroatoms. The molecule has 0 radical (unpaired) electrons. The van der Waals surface area contributed by atoms with Crippen molar-refractivity contribution in [3.8, 4) is 6.07 Å². The molecule has 2 aliphatic rings. The molecule has 0 atom stereocenters. The van der Waals surface area contributed by atoms with E-state index in [0.29, 0.717) is 44.0 Å². The molecule has 11 nitrogen and oxygen atoms in total. The lowest BCUT2D eigenvalue weighted by molar-refractivity contribution is -0.128. The largest absolute Gasteiger partial charge is 0.459 e. The third-order valence-corrected chi connectivity index (χ3v) is 8.61. The van der Waals surface area contributed by atoms with Crippen LogP contribution < -0.4 is 9.62 Å². The number of aromatic nitrogens is 1. The number of piperidine rings is 1. The van der Waals surface area contributed by atoms with Crippen LogP contribution in [0.25, 0.3) is 0 Å². The van der Waals surface area contributed by atoms with Crippen LogP contribution in [0.4, 0.5) is 10.2 Å². The first-order valence-electron chi connectivity index (χ1n) is 13.5. The highest BCUT2D eigenvalue weighted by Gasteiger charge is 2.31. The highest BCUT2D eigenvalue weighted by atomic mass is 35.5. The van der Waals surface area contributed by atoms with Gasteiger partial charge in [-0.15, -0.1) is 0 Å². The molecule has 3 heterocycles. The Kier molecular flexibility index (Phi) is 9.68. The lowest BCUT2D eigenvalue weighted by atomic mass is 9.96. The van der Waals surface area contributed by atoms with Gasteiger partial charge in [-0.3, -0.25) is 14.3 Å². The predicted molar refractivity (Wildman–Crippen MR) is 151 cm³/mol. The quantitative estimate of drug-likeness (QED) is 0.417. The first kappa shape index (κ1) is 31.2. The van der Waals surface area contributed by atoms with Gasteiger partial charge in [-0.1, -0.05) is 17.7 Å². The van der Waals surface area contributed by atoms with Gasteiger partial charge in [0.15, 0.2) is 0 Å². The van der Waals surface area contributed by atoms with Gasteiger partial charge in [-0.05, 0) is 56.9 Å². The Morgan fingerprint density at radius 3 is 2.55 bits per heavy atom. The standard InChI is InChI=1S/C28H31ClFN5O6S/c1-17(2)41-28(38)22-12-20(14-31)26(32-24(22)15-35-9-3-4-25(35)36)34-10-7-18(8-11-34)27(37)33-42(39,40)16-19-5-6-21(30)13-23(19)29/h5-6,12-13,17-18H,3-4,7-11,15-16H2,1-2H3,(H,33,37). The zero-order valence-electron chi connectivity index (χ0n) is 23.2. The molecule has 2 aromatic rings. The van der Waals surface area contributed by atoms with E-state index in [1.165, 1.54) is 12.1 Å². The van der Waals surface area contributed by atoms with Crippen molar-refractivity contribution in [2.75, 3.05) is 24.5 Å². The van der Waals surface area contributed by atoms with E-state index in [1.54, 1.807) is 18.7 Å². The summed E-state index contributed by atoms with van der Waals surface area (Å²) in [6.07, 6.45) is 1.28. The Balaban J connectivity index is 1.48. The van der Waals surface area contributed by atoms with Gasteiger partial charge in [0, 0.05) is 37.0 Å². The number of benzene rings is 1. The van der Waals surface area contributed by atoms with Crippen molar-refractivity contribution in [3.63, 3.8) is 0 Å². The number of esters is 1. The van der Waals surface area contributed by atoms with E-state index in [0.717, 1.165) is 12.1 Å².